The van der Waals surface area contributed by atoms with Crippen molar-refractivity contribution in [2.75, 3.05) is 13.2 Å². The first-order valence-corrected chi connectivity index (χ1v) is 7.03. The van der Waals surface area contributed by atoms with E-state index in [4.69, 9.17) is 4.74 Å². The molecule has 2 heterocycles. The van der Waals surface area contributed by atoms with E-state index in [2.05, 4.69) is 4.98 Å². The Morgan fingerprint density at radius 2 is 2.29 bits per heavy atom. The van der Waals surface area contributed by atoms with Gasteiger partial charge in [-0.2, -0.15) is 0 Å². The Balaban J connectivity index is 2.02. The fourth-order valence-electron chi connectivity index (χ4n) is 2.46. The van der Waals surface area contributed by atoms with E-state index in [1.54, 1.807) is 17.9 Å². The molecule has 0 aliphatic carbocycles. The number of pyridine rings is 1. The Bertz CT molecular complexity index is 547. The van der Waals surface area contributed by atoms with Crippen molar-refractivity contribution in [1.29, 1.82) is 0 Å². The Morgan fingerprint density at radius 1 is 1.52 bits per heavy atom. The predicted molar refractivity (Wildman–Crippen MR) is 76.1 cm³/mol. The van der Waals surface area contributed by atoms with Crippen LogP contribution in [0.5, 0.6) is 5.75 Å². The maximum Gasteiger partial charge on any atom is 0.406 e. The lowest BCUT2D eigenvalue weighted by atomic mass is 10.0. The van der Waals surface area contributed by atoms with Gasteiger partial charge in [0.25, 0.3) is 5.91 Å². The molecule has 0 radical (unpaired) electrons. The Hall–Kier alpha value is -2.18. The SMILES string of the molecule is Cc1ccc(OCC(=O)N2CCCC[C@@H]2C)c([N+](=O)[O-])n1. The molecule has 0 N–H and O–H groups in total. The van der Waals surface area contributed by atoms with Crippen LogP contribution in [0, 0.1) is 17.0 Å². The van der Waals surface area contributed by atoms with Crippen LogP contribution in [-0.2, 0) is 4.79 Å². The van der Waals surface area contributed by atoms with E-state index in [0.717, 1.165) is 25.8 Å². The monoisotopic (exact) mass is 293 g/mol. The molecule has 1 saturated heterocycles. The van der Waals surface area contributed by atoms with E-state index in [0.29, 0.717) is 5.69 Å². The van der Waals surface area contributed by atoms with Crippen molar-refractivity contribution in [3.05, 3.63) is 27.9 Å². The highest BCUT2D eigenvalue weighted by atomic mass is 16.6. The highest BCUT2D eigenvalue weighted by molar-refractivity contribution is 5.78. The molecule has 0 bridgehead atoms. The molecule has 1 amide bonds. The number of amides is 1. The summed E-state index contributed by atoms with van der Waals surface area (Å²) in [6.07, 6.45) is 3.10. The van der Waals surface area contributed by atoms with Crippen LogP contribution in [0.4, 0.5) is 5.82 Å². The minimum atomic E-state index is -0.601. The molecule has 1 aromatic rings. The van der Waals surface area contributed by atoms with Crippen molar-refractivity contribution in [3.63, 3.8) is 0 Å². The fraction of sp³-hybridized carbons (Fsp3) is 0.571. The van der Waals surface area contributed by atoms with Gasteiger partial charge in [-0.15, -0.1) is 0 Å². The number of ether oxygens (including phenoxy) is 1. The van der Waals surface area contributed by atoms with E-state index in [9.17, 15) is 14.9 Å². The number of carbonyl (C=O) groups is 1. The molecule has 7 heteroatoms. The van der Waals surface area contributed by atoms with Crippen molar-refractivity contribution >= 4 is 11.7 Å². The lowest BCUT2D eigenvalue weighted by Crippen LogP contribution is -2.44. The van der Waals surface area contributed by atoms with Crippen LogP contribution in [0.2, 0.25) is 0 Å². The lowest BCUT2D eigenvalue weighted by molar-refractivity contribution is -0.390. The zero-order valence-corrected chi connectivity index (χ0v) is 12.2. The maximum atomic E-state index is 12.1. The summed E-state index contributed by atoms with van der Waals surface area (Å²) in [5, 5.41) is 10.9. The number of likely N-dealkylation sites (tertiary alicyclic amines) is 1. The summed E-state index contributed by atoms with van der Waals surface area (Å²) in [4.78, 5) is 28.1. The summed E-state index contributed by atoms with van der Waals surface area (Å²) in [5.74, 6) is -0.463. The highest BCUT2D eigenvalue weighted by Crippen LogP contribution is 2.24. The van der Waals surface area contributed by atoms with Crippen LogP contribution >= 0.6 is 0 Å². The third kappa shape index (κ3) is 3.68. The predicted octanol–water partition coefficient (Wildman–Crippen LogP) is 2.08. The van der Waals surface area contributed by atoms with Crippen LogP contribution in [0.15, 0.2) is 12.1 Å². The Labute approximate surface area is 123 Å². The topological polar surface area (TPSA) is 85.6 Å². The van der Waals surface area contributed by atoms with Gasteiger partial charge < -0.3 is 19.8 Å². The van der Waals surface area contributed by atoms with Crippen LogP contribution in [0.25, 0.3) is 0 Å². The van der Waals surface area contributed by atoms with Crippen molar-refractivity contribution in [3.8, 4) is 5.75 Å². The standard InChI is InChI=1S/C14H19N3O4/c1-10-6-7-12(14(15-10)17(19)20)21-9-13(18)16-8-4-3-5-11(16)2/h6-7,11H,3-5,8-9H2,1-2H3/t11-/m0/s1. The summed E-state index contributed by atoms with van der Waals surface area (Å²) in [7, 11) is 0. The second kappa shape index (κ2) is 6.51. The zero-order valence-electron chi connectivity index (χ0n) is 12.2. The molecule has 1 aliphatic heterocycles. The Morgan fingerprint density at radius 3 is 2.95 bits per heavy atom. The van der Waals surface area contributed by atoms with Gasteiger partial charge in [-0.3, -0.25) is 4.79 Å². The summed E-state index contributed by atoms with van der Waals surface area (Å²) >= 11 is 0. The average molecular weight is 293 g/mol. The number of carbonyl (C=O) groups excluding carboxylic acids is 1. The third-order valence-corrected chi connectivity index (χ3v) is 3.63. The first-order chi connectivity index (χ1) is 9.99. The zero-order chi connectivity index (χ0) is 15.4. The minimum absolute atomic E-state index is 0.0311. The summed E-state index contributed by atoms with van der Waals surface area (Å²) in [6.45, 7) is 4.19. The summed E-state index contributed by atoms with van der Waals surface area (Å²) < 4.78 is 5.32. The molecule has 1 aliphatic rings. The molecule has 21 heavy (non-hydrogen) atoms. The largest absolute Gasteiger partial charge is 0.476 e. The summed E-state index contributed by atoms with van der Waals surface area (Å²) in [5.41, 5.74) is 0.532. The molecule has 1 fully saturated rings. The van der Waals surface area contributed by atoms with Gasteiger partial charge in [-0.1, -0.05) is 0 Å². The van der Waals surface area contributed by atoms with Gasteiger partial charge in [0.2, 0.25) is 5.75 Å². The van der Waals surface area contributed by atoms with E-state index >= 15 is 0 Å². The molecule has 0 spiro atoms. The lowest BCUT2D eigenvalue weighted by Gasteiger charge is -2.33. The summed E-state index contributed by atoms with van der Waals surface area (Å²) in [6, 6.07) is 3.30. The number of hydrogen-bond acceptors (Lipinski definition) is 5. The number of hydrogen-bond donors (Lipinski definition) is 0. The number of aromatic nitrogens is 1. The van der Waals surface area contributed by atoms with Gasteiger partial charge in [-0.05, 0) is 48.2 Å². The molecule has 0 aromatic carbocycles. The van der Waals surface area contributed by atoms with Gasteiger partial charge >= 0.3 is 5.82 Å². The second-order valence-electron chi connectivity index (χ2n) is 5.25. The van der Waals surface area contributed by atoms with Crippen LogP contribution in [0.1, 0.15) is 31.9 Å². The fourth-order valence-corrected chi connectivity index (χ4v) is 2.46. The maximum absolute atomic E-state index is 12.1. The quantitative estimate of drug-likeness (QED) is 0.626. The van der Waals surface area contributed by atoms with E-state index < -0.39 is 4.92 Å². The molecule has 0 unspecified atom stereocenters. The van der Waals surface area contributed by atoms with Gasteiger partial charge in [0.1, 0.15) is 5.69 Å². The molecule has 2 rings (SSSR count). The van der Waals surface area contributed by atoms with Crippen LogP contribution in [0.3, 0.4) is 0 Å². The van der Waals surface area contributed by atoms with Crippen molar-refractivity contribution in [2.24, 2.45) is 0 Å². The third-order valence-electron chi connectivity index (χ3n) is 3.63. The number of aryl methyl sites for hydroxylation is 1. The normalized spacial score (nSPS) is 18.4. The number of nitro groups is 1. The molecule has 114 valence electrons. The van der Waals surface area contributed by atoms with Crippen LogP contribution < -0.4 is 4.74 Å². The smallest absolute Gasteiger partial charge is 0.406 e. The molecule has 1 aromatic heterocycles. The molecule has 1 atom stereocenters. The van der Waals surface area contributed by atoms with Gasteiger partial charge in [0.15, 0.2) is 6.61 Å². The number of piperidine rings is 1. The van der Waals surface area contributed by atoms with E-state index in [1.165, 1.54) is 6.07 Å². The van der Waals surface area contributed by atoms with Crippen LogP contribution in [-0.4, -0.2) is 39.9 Å². The Kier molecular flexibility index (Phi) is 4.72. The van der Waals surface area contributed by atoms with Crippen molar-refractivity contribution < 1.29 is 14.5 Å². The molecule has 7 nitrogen and oxygen atoms in total. The van der Waals surface area contributed by atoms with Crippen molar-refractivity contribution in [2.45, 2.75) is 39.2 Å². The first-order valence-electron chi connectivity index (χ1n) is 7.03. The molecular formula is C14H19N3O4. The van der Waals surface area contributed by atoms with Gasteiger partial charge in [-0.25, -0.2) is 0 Å². The average Bonchev–Trinajstić information content (AvgIpc) is 2.46. The van der Waals surface area contributed by atoms with Gasteiger partial charge in [0, 0.05) is 19.5 Å². The van der Waals surface area contributed by atoms with Crippen molar-refractivity contribution in [1.82, 2.24) is 9.88 Å². The second-order valence-corrected chi connectivity index (χ2v) is 5.25. The van der Waals surface area contributed by atoms with Gasteiger partial charge in [0.05, 0.1) is 0 Å². The highest BCUT2D eigenvalue weighted by Gasteiger charge is 2.25. The molecule has 0 saturated carbocycles. The van der Waals surface area contributed by atoms with E-state index in [1.807, 2.05) is 6.92 Å². The first kappa shape index (κ1) is 15.2. The number of rotatable bonds is 4. The van der Waals surface area contributed by atoms with E-state index in [-0.39, 0.29) is 30.1 Å². The minimum Gasteiger partial charge on any atom is -0.476 e. The number of nitrogens with zero attached hydrogens (tertiary/aromatic N) is 3. The molecular weight excluding hydrogens is 274 g/mol.